The lowest BCUT2D eigenvalue weighted by atomic mass is 10.0. The molecule has 0 saturated carbocycles. The highest BCUT2D eigenvalue weighted by atomic mass is 32.2. The van der Waals surface area contributed by atoms with E-state index in [0.717, 1.165) is 11.3 Å². The normalized spacial score (nSPS) is 17.5. The molecule has 0 fully saturated rings. The largest absolute Gasteiger partial charge is 0.230 e. The maximum atomic E-state index is 4.70. The minimum absolute atomic E-state index is 0.660. The molecule has 1 atom stereocenters. The van der Waals surface area contributed by atoms with Crippen molar-refractivity contribution in [3.8, 4) is 0 Å². The van der Waals surface area contributed by atoms with Crippen molar-refractivity contribution in [2.45, 2.75) is 15.2 Å². The molecule has 1 nitrogen and oxygen atoms in total. The highest BCUT2D eigenvalue weighted by Crippen LogP contribution is 2.42. The first kappa shape index (κ1) is 12.7. The van der Waals surface area contributed by atoms with Gasteiger partial charge in [-0.1, -0.05) is 42.1 Å². The summed E-state index contributed by atoms with van der Waals surface area (Å²) in [5, 5.41) is 0. The molecule has 0 saturated heterocycles. The molecule has 4 rings (SSSR count). The van der Waals surface area contributed by atoms with Crippen molar-refractivity contribution >= 4 is 45.1 Å². The quantitative estimate of drug-likeness (QED) is 0.610. The van der Waals surface area contributed by atoms with E-state index in [2.05, 4.69) is 48.5 Å². The van der Waals surface area contributed by atoms with Gasteiger partial charge >= 0.3 is 0 Å². The number of aromatic nitrogens is 1. The molecule has 20 heavy (non-hydrogen) atoms. The van der Waals surface area contributed by atoms with Crippen molar-refractivity contribution in [1.29, 1.82) is 0 Å². The molecule has 3 aromatic rings. The average molecular weight is 315 g/mol. The molecule has 0 radical (unpaired) electrons. The molecular formula is C16H13NS3. The van der Waals surface area contributed by atoms with Crippen LogP contribution in [0.5, 0.6) is 0 Å². The zero-order valence-electron chi connectivity index (χ0n) is 10.8. The third-order valence-electron chi connectivity index (χ3n) is 3.48. The summed E-state index contributed by atoms with van der Waals surface area (Å²) in [5.74, 6) is 2.99. The summed E-state index contributed by atoms with van der Waals surface area (Å²) in [7, 11) is 0. The van der Waals surface area contributed by atoms with Gasteiger partial charge in [0.2, 0.25) is 0 Å². The van der Waals surface area contributed by atoms with Crippen LogP contribution in [0.15, 0.2) is 57.8 Å². The van der Waals surface area contributed by atoms with Crippen LogP contribution in [0.4, 0.5) is 0 Å². The molecule has 0 amide bonds. The van der Waals surface area contributed by atoms with Gasteiger partial charge in [-0.25, -0.2) is 4.98 Å². The Hall–Kier alpha value is -0.970. The first-order valence-electron chi connectivity index (χ1n) is 6.60. The molecule has 0 N–H and O–H groups in total. The second-order valence-corrected chi connectivity index (χ2v) is 8.16. The van der Waals surface area contributed by atoms with Gasteiger partial charge in [-0.2, -0.15) is 0 Å². The third kappa shape index (κ3) is 2.36. The van der Waals surface area contributed by atoms with E-state index in [0.29, 0.717) is 5.92 Å². The molecule has 1 aliphatic rings. The standard InChI is InChI=1S/C16H13NS3/c1-3-7-14-12(5-1)11(9-18-14)10-19-16-17-13-6-2-4-8-15(13)20-16/h1-8,11H,9-10H2. The predicted octanol–water partition coefficient (Wildman–Crippen LogP) is 5.28. The number of nitrogens with zero attached hydrogens (tertiary/aromatic N) is 1. The summed E-state index contributed by atoms with van der Waals surface area (Å²) in [6.45, 7) is 0. The summed E-state index contributed by atoms with van der Waals surface area (Å²) in [6, 6.07) is 17.2. The van der Waals surface area contributed by atoms with Gasteiger partial charge in [-0.05, 0) is 23.8 Å². The Morgan fingerprint density at radius 3 is 2.90 bits per heavy atom. The number of thiazole rings is 1. The molecule has 2 aromatic carbocycles. The second-order valence-electron chi connectivity index (χ2n) is 4.80. The fourth-order valence-corrected chi connectivity index (χ4v) is 6.07. The van der Waals surface area contributed by atoms with Gasteiger partial charge < -0.3 is 0 Å². The van der Waals surface area contributed by atoms with Crippen molar-refractivity contribution in [3.05, 3.63) is 54.1 Å². The monoisotopic (exact) mass is 315 g/mol. The second kappa shape index (κ2) is 5.43. The van der Waals surface area contributed by atoms with Crippen molar-refractivity contribution in [3.63, 3.8) is 0 Å². The van der Waals surface area contributed by atoms with Crippen LogP contribution in [0, 0.1) is 0 Å². The lowest BCUT2D eigenvalue weighted by molar-refractivity contribution is 0.896. The number of hydrogen-bond donors (Lipinski definition) is 0. The van der Waals surface area contributed by atoms with Crippen molar-refractivity contribution in [2.75, 3.05) is 11.5 Å². The molecule has 100 valence electrons. The van der Waals surface area contributed by atoms with Crippen LogP contribution in [0.25, 0.3) is 10.2 Å². The van der Waals surface area contributed by atoms with Crippen LogP contribution in [0.2, 0.25) is 0 Å². The Kier molecular flexibility index (Phi) is 3.46. The van der Waals surface area contributed by atoms with Gasteiger partial charge in [0.25, 0.3) is 0 Å². The first-order valence-corrected chi connectivity index (χ1v) is 9.39. The molecule has 1 unspecified atom stereocenters. The van der Waals surface area contributed by atoms with Crippen LogP contribution in [0.3, 0.4) is 0 Å². The van der Waals surface area contributed by atoms with E-state index < -0.39 is 0 Å². The lowest BCUT2D eigenvalue weighted by Gasteiger charge is -2.08. The highest BCUT2D eigenvalue weighted by Gasteiger charge is 2.23. The van der Waals surface area contributed by atoms with E-state index in [1.807, 2.05) is 23.5 Å². The van der Waals surface area contributed by atoms with Crippen LogP contribution in [-0.2, 0) is 0 Å². The molecule has 0 bridgehead atoms. The van der Waals surface area contributed by atoms with Crippen LogP contribution >= 0.6 is 34.9 Å². The zero-order valence-corrected chi connectivity index (χ0v) is 13.2. The molecule has 2 heterocycles. The Morgan fingerprint density at radius 2 is 1.95 bits per heavy atom. The van der Waals surface area contributed by atoms with Gasteiger partial charge in [-0.3, -0.25) is 0 Å². The topological polar surface area (TPSA) is 12.9 Å². The molecular weight excluding hydrogens is 302 g/mol. The summed E-state index contributed by atoms with van der Waals surface area (Å²) in [4.78, 5) is 6.16. The predicted molar refractivity (Wildman–Crippen MR) is 90.3 cm³/mol. The average Bonchev–Trinajstić information content (AvgIpc) is 3.08. The van der Waals surface area contributed by atoms with Crippen molar-refractivity contribution in [1.82, 2.24) is 4.98 Å². The van der Waals surface area contributed by atoms with Crippen LogP contribution < -0.4 is 0 Å². The van der Waals surface area contributed by atoms with Crippen LogP contribution in [-0.4, -0.2) is 16.5 Å². The van der Waals surface area contributed by atoms with Gasteiger partial charge in [0.05, 0.1) is 10.2 Å². The summed E-state index contributed by atoms with van der Waals surface area (Å²) in [6.07, 6.45) is 0. The summed E-state index contributed by atoms with van der Waals surface area (Å²) in [5.41, 5.74) is 2.65. The van der Waals surface area contributed by atoms with Gasteiger partial charge in [0, 0.05) is 22.3 Å². The highest BCUT2D eigenvalue weighted by molar-refractivity contribution is 8.01. The maximum absolute atomic E-state index is 4.70. The Balaban J connectivity index is 1.51. The number of rotatable bonds is 3. The molecule has 4 heteroatoms. The zero-order chi connectivity index (χ0) is 13.4. The SMILES string of the molecule is c1ccc2c(c1)SCC2CSc1nc2ccccc2s1. The van der Waals surface area contributed by atoms with Gasteiger partial charge in [0.15, 0.2) is 4.34 Å². The summed E-state index contributed by atoms with van der Waals surface area (Å²) < 4.78 is 2.48. The molecule has 0 aliphatic carbocycles. The van der Waals surface area contributed by atoms with Crippen LogP contribution in [0.1, 0.15) is 11.5 Å². The van der Waals surface area contributed by atoms with E-state index in [9.17, 15) is 0 Å². The minimum atomic E-state index is 0.660. The number of para-hydroxylation sites is 1. The Bertz CT molecular complexity index is 717. The van der Waals surface area contributed by atoms with E-state index in [1.54, 1.807) is 11.3 Å². The number of benzene rings is 2. The van der Waals surface area contributed by atoms with E-state index in [4.69, 9.17) is 4.98 Å². The number of fused-ring (bicyclic) bond motifs is 2. The molecule has 1 aromatic heterocycles. The minimum Gasteiger partial charge on any atom is -0.230 e. The van der Waals surface area contributed by atoms with Crippen molar-refractivity contribution in [2.24, 2.45) is 0 Å². The molecule has 1 aliphatic heterocycles. The number of thioether (sulfide) groups is 2. The van der Waals surface area contributed by atoms with E-state index in [1.165, 1.54) is 25.3 Å². The fraction of sp³-hybridized carbons (Fsp3) is 0.188. The van der Waals surface area contributed by atoms with Gasteiger partial charge in [0.1, 0.15) is 0 Å². The summed E-state index contributed by atoms with van der Waals surface area (Å²) >= 11 is 5.69. The van der Waals surface area contributed by atoms with E-state index in [-0.39, 0.29) is 0 Å². The van der Waals surface area contributed by atoms with E-state index >= 15 is 0 Å². The Labute approximate surface area is 130 Å². The number of hydrogen-bond acceptors (Lipinski definition) is 4. The van der Waals surface area contributed by atoms with Crippen molar-refractivity contribution < 1.29 is 0 Å². The smallest absolute Gasteiger partial charge is 0.151 e. The third-order valence-corrected chi connectivity index (χ3v) is 7.07. The molecule has 0 spiro atoms. The first-order chi connectivity index (χ1) is 9.90. The van der Waals surface area contributed by atoms with Gasteiger partial charge in [-0.15, -0.1) is 23.1 Å². The maximum Gasteiger partial charge on any atom is 0.151 e. The fourth-order valence-electron chi connectivity index (χ4n) is 2.45. The lowest BCUT2D eigenvalue weighted by Crippen LogP contribution is -1.99. The Morgan fingerprint density at radius 1 is 1.10 bits per heavy atom.